The quantitative estimate of drug-likeness (QED) is 0.770. The summed E-state index contributed by atoms with van der Waals surface area (Å²) >= 11 is 6.19. The largest absolute Gasteiger partial charge is 0.294 e. The van der Waals surface area contributed by atoms with E-state index in [0.29, 0.717) is 30.1 Å². The number of pyridine rings is 1. The summed E-state index contributed by atoms with van der Waals surface area (Å²) in [6, 6.07) is 9.37. The summed E-state index contributed by atoms with van der Waals surface area (Å²) in [6.45, 7) is 0.998. The molecule has 1 aliphatic carbocycles. The number of nitrogens with zero attached hydrogens (tertiary/aromatic N) is 2. The van der Waals surface area contributed by atoms with Crippen LogP contribution < -0.4 is 0 Å². The number of aromatic nitrogens is 1. The van der Waals surface area contributed by atoms with Crippen LogP contribution in [-0.2, 0) is 16.4 Å². The minimum Gasteiger partial charge on any atom is -0.294 e. The van der Waals surface area contributed by atoms with Gasteiger partial charge in [-0.25, -0.2) is 12.7 Å². The minimum atomic E-state index is -3.18. The number of hydrogen-bond donors (Lipinski definition) is 0. The van der Waals surface area contributed by atoms with Gasteiger partial charge in [-0.1, -0.05) is 17.7 Å². The zero-order chi connectivity index (χ0) is 19.2. The first-order valence-electron chi connectivity index (χ1n) is 9.06. The summed E-state index contributed by atoms with van der Waals surface area (Å²) in [5.41, 5.74) is 3.51. The van der Waals surface area contributed by atoms with Crippen molar-refractivity contribution < 1.29 is 13.2 Å². The highest BCUT2D eigenvalue weighted by molar-refractivity contribution is 7.88. The highest BCUT2D eigenvalue weighted by atomic mass is 35.5. The first-order valence-corrected chi connectivity index (χ1v) is 11.3. The van der Waals surface area contributed by atoms with E-state index in [1.807, 2.05) is 24.3 Å². The molecular formula is C20H21ClN2O3S. The van der Waals surface area contributed by atoms with Crippen molar-refractivity contribution in [1.29, 1.82) is 0 Å². The molecule has 1 fully saturated rings. The first kappa shape index (κ1) is 18.6. The van der Waals surface area contributed by atoms with Crippen molar-refractivity contribution >= 4 is 27.4 Å². The van der Waals surface area contributed by atoms with E-state index in [9.17, 15) is 13.2 Å². The lowest BCUT2D eigenvalue weighted by molar-refractivity contribution is 0.0992. The summed E-state index contributed by atoms with van der Waals surface area (Å²) in [4.78, 5) is 17.4. The third-order valence-electron chi connectivity index (χ3n) is 5.66. The highest BCUT2D eigenvalue weighted by Gasteiger charge is 2.37. The molecule has 0 bridgehead atoms. The van der Waals surface area contributed by atoms with Crippen LogP contribution in [0, 0.1) is 5.92 Å². The third kappa shape index (κ3) is 3.53. The Hall–Kier alpha value is -1.76. The maximum absolute atomic E-state index is 12.8. The molecule has 1 aromatic heterocycles. The van der Waals surface area contributed by atoms with Gasteiger partial charge in [-0.05, 0) is 54.2 Å². The smallest absolute Gasteiger partial charge is 0.211 e. The van der Waals surface area contributed by atoms with E-state index in [1.54, 1.807) is 12.3 Å². The predicted octanol–water partition coefficient (Wildman–Crippen LogP) is 3.28. The molecule has 1 saturated heterocycles. The number of carbonyl (C=O) groups is 1. The molecule has 4 rings (SSSR count). The van der Waals surface area contributed by atoms with Gasteiger partial charge in [0.15, 0.2) is 5.78 Å². The molecule has 27 heavy (non-hydrogen) atoms. The van der Waals surface area contributed by atoms with Gasteiger partial charge in [0.2, 0.25) is 10.0 Å². The van der Waals surface area contributed by atoms with Gasteiger partial charge < -0.3 is 0 Å². The van der Waals surface area contributed by atoms with Gasteiger partial charge in [-0.15, -0.1) is 0 Å². The fraction of sp³-hybridized carbons (Fsp3) is 0.400. The normalized spacial score (nSPS) is 21.4. The lowest BCUT2D eigenvalue weighted by Crippen LogP contribution is -2.39. The molecule has 1 aliphatic heterocycles. The second kappa shape index (κ2) is 7.00. The van der Waals surface area contributed by atoms with E-state index in [1.165, 1.54) is 10.6 Å². The molecular weight excluding hydrogens is 384 g/mol. The molecule has 7 heteroatoms. The molecule has 2 aromatic rings. The van der Waals surface area contributed by atoms with Gasteiger partial charge in [0.25, 0.3) is 0 Å². The lowest BCUT2D eigenvalue weighted by Gasteiger charge is -2.35. The lowest BCUT2D eigenvalue weighted by atomic mass is 9.77. The van der Waals surface area contributed by atoms with Crippen LogP contribution in [0.1, 0.15) is 45.9 Å². The summed E-state index contributed by atoms with van der Waals surface area (Å²) in [6.07, 6.45) is 4.78. The number of Topliss-reactive ketones (excluding diaryl/α,β-unsaturated/α-hetero) is 1. The Morgan fingerprint density at radius 2 is 1.93 bits per heavy atom. The van der Waals surface area contributed by atoms with Crippen molar-refractivity contribution in [1.82, 2.24) is 9.29 Å². The molecule has 1 atom stereocenters. The van der Waals surface area contributed by atoms with Gasteiger partial charge in [0, 0.05) is 42.2 Å². The molecule has 0 amide bonds. The molecule has 0 N–H and O–H groups in total. The molecule has 1 aromatic carbocycles. The zero-order valence-corrected chi connectivity index (χ0v) is 16.6. The van der Waals surface area contributed by atoms with Crippen molar-refractivity contribution in [3.05, 3.63) is 63.9 Å². The Morgan fingerprint density at radius 3 is 2.63 bits per heavy atom. The van der Waals surface area contributed by atoms with E-state index in [2.05, 4.69) is 4.98 Å². The maximum Gasteiger partial charge on any atom is 0.211 e. The third-order valence-corrected chi connectivity index (χ3v) is 7.20. The Balaban J connectivity index is 1.78. The Morgan fingerprint density at radius 1 is 1.19 bits per heavy atom. The van der Waals surface area contributed by atoms with E-state index in [0.717, 1.165) is 29.7 Å². The number of fused-ring (bicyclic) bond motifs is 2. The van der Waals surface area contributed by atoms with E-state index >= 15 is 0 Å². The van der Waals surface area contributed by atoms with Crippen LogP contribution in [0.3, 0.4) is 0 Å². The molecule has 2 aliphatic rings. The number of ketones is 1. The van der Waals surface area contributed by atoms with Gasteiger partial charge >= 0.3 is 0 Å². The zero-order valence-electron chi connectivity index (χ0n) is 15.1. The second-order valence-electron chi connectivity index (χ2n) is 7.36. The number of piperidine rings is 1. The van der Waals surface area contributed by atoms with Gasteiger partial charge in [-0.3, -0.25) is 9.78 Å². The predicted molar refractivity (Wildman–Crippen MR) is 105 cm³/mol. The standard InChI is InChI=1S/C20H21ClN2O3S/c1-27(25,26)23-9-6-13(7-10-23)19-16-5-4-15(21)11-14(16)12-18(24)17-3-2-8-22-20(17)19/h2-5,8,11,13,19H,6-7,9-10,12H2,1H3. The number of halogens is 1. The van der Waals surface area contributed by atoms with Crippen molar-refractivity contribution in [3.63, 3.8) is 0 Å². The van der Waals surface area contributed by atoms with Crippen LogP contribution in [0.5, 0.6) is 0 Å². The summed E-state index contributed by atoms with van der Waals surface area (Å²) in [5.74, 6) is 0.252. The van der Waals surface area contributed by atoms with Gasteiger partial charge in [-0.2, -0.15) is 0 Å². The molecule has 0 radical (unpaired) electrons. The molecule has 0 saturated carbocycles. The average molecular weight is 405 g/mol. The van der Waals surface area contributed by atoms with Gasteiger partial charge in [0.05, 0.1) is 11.9 Å². The maximum atomic E-state index is 12.8. The topological polar surface area (TPSA) is 67.3 Å². The average Bonchev–Trinajstić information content (AvgIpc) is 2.75. The van der Waals surface area contributed by atoms with Crippen molar-refractivity contribution in [3.8, 4) is 0 Å². The molecule has 142 valence electrons. The summed E-state index contributed by atoms with van der Waals surface area (Å²) in [7, 11) is -3.18. The van der Waals surface area contributed by atoms with Gasteiger partial charge in [0.1, 0.15) is 0 Å². The Bertz CT molecular complexity index is 998. The summed E-state index contributed by atoms with van der Waals surface area (Å²) < 4.78 is 25.2. The van der Waals surface area contributed by atoms with Crippen LogP contribution >= 0.6 is 11.6 Å². The fourth-order valence-electron chi connectivity index (χ4n) is 4.37. The van der Waals surface area contributed by atoms with E-state index < -0.39 is 10.0 Å². The summed E-state index contributed by atoms with van der Waals surface area (Å²) in [5, 5.41) is 0.617. The number of carbonyl (C=O) groups excluding carboxylic acids is 1. The number of rotatable bonds is 2. The van der Waals surface area contributed by atoms with Crippen LogP contribution in [-0.4, -0.2) is 42.8 Å². The van der Waals surface area contributed by atoms with E-state index in [-0.39, 0.29) is 17.6 Å². The van der Waals surface area contributed by atoms with Crippen LogP contribution in [0.15, 0.2) is 36.5 Å². The molecule has 0 spiro atoms. The molecule has 5 nitrogen and oxygen atoms in total. The van der Waals surface area contributed by atoms with E-state index in [4.69, 9.17) is 11.6 Å². The minimum absolute atomic E-state index is 0.0263. The van der Waals surface area contributed by atoms with Crippen molar-refractivity contribution in [2.45, 2.75) is 25.2 Å². The Kier molecular flexibility index (Phi) is 4.82. The number of hydrogen-bond acceptors (Lipinski definition) is 4. The van der Waals surface area contributed by atoms with Crippen molar-refractivity contribution in [2.24, 2.45) is 5.92 Å². The molecule has 1 unspecified atom stereocenters. The second-order valence-corrected chi connectivity index (χ2v) is 9.78. The van der Waals surface area contributed by atoms with Crippen LogP contribution in [0.25, 0.3) is 0 Å². The monoisotopic (exact) mass is 404 g/mol. The highest BCUT2D eigenvalue weighted by Crippen LogP contribution is 2.42. The molecule has 2 heterocycles. The van der Waals surface area contributed by atoms with Crippen LogP contribution in [0.4, 0.5) is 0 Å². The van der Waals surface area contributed by atoms with Crippen molar-refractivity contribution in [2.75, 3.05) is 19.3 Å². The number of benzene rings is 1. The first-order chi connectivity index (χ1) is 12.8. The number of sulfonamides is 1. The SMILES string of the molecule is CS(=O)(=O)N1CCC(C2c3ccc(Cl)cc3CC(=O)c3cccnc32)CC1. The Labute approximate surface area is 164 Å². The fourth-order valence-corrected chi connectivity index (χ4v) is 5.43. The van der Waals surface area contributed by atoms with Crippen LogP contribution in [0.2, 0.25) is 5.02 Å².